The summed E-state index contributed by atoms with van der Waals surface area (Å²) in [6.45, 7) is 7.41. The molecule has 27 heavy (non-hydrogen) atoms. The summed E-state index contributed by atoms with van der Waals surface area (Å²) in [4.78, 5) is 13.5. The van der Waals surface area contributed by atoms with E-state index < -0.39 is 0 Å². The van der Waals surface area contributed by atoms with Gasteiger partial charge in [0.15, 0.2) is 11.6 Å². The zero-order valence-corrected chi connectivity index (χ0v) is 15.7. The zero-order chi connectivity index (χ0) is 18.5. The van der Waals surface area contributed by atoms with Crippen molar-refractivity contribution in [1.82, 2.24) is 14.9 Å². The average molecular weight is 368 g/mol. The second kappa shape index (κ2) is 8.54. The van der Waals surface area contributed by atoms with E-state index in [0.717, 1.165) is 77.0 Å². The first-order valence-corrected chi connectivity index (χ1v) is 9.77. The molecule has 0 spiro atoms. The predicted molar refractivity (Wildman–Crippen MR) is 108 cm³/mol. The highest BCUT2D eigenvalue weighted by atomic mass is 16.5. The van der Waals surface area contributed by atoms with Crippen LogP contribution in [0.4, 0.5) is 17.3 Å². The third kappa shape index (κ3) is 4.31. The normalized spacial score (nSPS) is 17.6. The zero-order valence-electron chi connectivity index (χ0n) is 15.7. The van der Waals surface area contributed by atoms with Crippen LogP contribution in [0.2, 0.25) is 0 Å². The molecule has 3 heterocycles. The molecule has 0 unspecified atom stereocenters. The van der Waals surface area contributed by atoms with E-state index in [0.29, 0.717) is 5.69 Å². The van der Waals surface area contributed by atoms with E-state index in [4.69, 9.17) is 10.5 Å². The fourth-order valence-electron chi connectivity index (χ4n) is 3.79. The van der Waals surface area contributed by atoms with Crippen molar-refractivity contribution < 1.29 is 4.74 Å². The van der Waals surface area contributed by atoms with Gasteiger partial charge < -0.3 is 20.7 Å². The quantitative estimate of drug-likeness (QED) is 0.752. The van der Waals surface area contributed by atoms with E-state index in [9.17, 15) is 0 Å². The van der Waals surface area contributed by atoms with Crippen LogP contribution in [0.1, 0.15) is 17.5 Å². The minimum absolute atomic E-state index is 0.642. The molecule has 0 saturated carbocycles. The third-order valence-electron chi connectivity index (χ3n) is 5.34. The number of nitrogens with two attached hydrogens (primary N) is 1. The van der Waals surface area contributed by atoms with E-state index in [-0.39, 0.29) is 0 Å². The first-order valence-electron chi connectivity index (χ1n) is 9.77. The van der Waals surface area contributed by atoms with Gasteiger partial charge in [0.05, 0.1) is 13.2 Å². The molecule has 0 bridgehead atoms. The Balaban J connectivity index is 1.35. The summed E-state index contributed by atoms with van der Waals surface area (Å²) in [7, 11) is 0. The number of nitrogens with zero attached hydrogens (tertiary/aromatic N) is 4. The third-order valence-corrected chi connectivity index (χ3v) is 5.34. The number of morpholine rings is 1. The highest BCUT2D eigenvalue weighted by Crippen LogP contribution is 2.30. The highest BCUT2D eigenvalue weighted by molar-refractivity contribution is 5.75. The van der Waals surface area contributed by atoms with E-state index >= 15 is 0 Å². The smallest absolute Gasteiger partial charge is 0.157 e. The predicted octanol–water partition coefficient (Wildman–Crippen LogP) is 1.76. The summed E-state index contributed by atoms with van der Waals surface area (Å²) >= 11 is 0. The summed E-state index contributed by atoms with van der Waals surface area (Å²) in [5.41, 5.74) is 9.81. The molecule has 1 aromatic carbocycles. The second-order valence-electron chi connectivity index (χ2n) is 7.13. The Kier molecular flexibility index (Phi) is 5.69. The lowest BCUT2D eigenvalue weighted by Gasteiger charge is -2.30. The fourth-order valence-corrected chi connectivity index (χ4v) is 3.79. The summed E-state index contributed by atoms with van der Waals surface area (Å²) in [5, 5.41) is 3.39. The van der Waals surface area contributed by atoms with Gasteiger partial charge in [0.2, 0.25) is 0 Å². The molecule has 0 radical (unpaired) electrons. The maximum absolute atomic E-state index is 6.40. The number of aromatic nitrogens is 2. The maximum atomic E-state index is 6.40. The summed E-state index contributed by atoms with van der Waals surface area (Å²) in [6.07, 6.45) is 3.67. The van der Waals surface area contributed by atoms with Gasteiger partial charge in [0.1, 0.15) is 12.0 Å². The van der Waals surface area contributed by atoms with E-state index in [1.165, 1.54) is 11.1 Å². The van der Waals surface area contributed by atoms with Gasteiger partial charge >= 0.3 is 0 Å². The van der Waals surface area contributed by atoms with Crippen molar-refractivity contribution in [2.75, 3.05) is 61.9 Å². The maximum Gasteiger partial charge on any atom is 0.157 e. The standard InChI is InChI=1S/C20H28N6O/c21-18-19(22-7-3-8-25-10-12-27-13-11-25)23-15-24-20(18)26-9-6-16-4-1-2-5-17(16)14-26/h1-2,4-5,15H,3,6-14,21H2,(H,22,23,24). The molecule has 0 amide bonds. The van der Waals surface area contributed by atoms with Gasteiger partial charge in [0, 0.05) is 32.7 Å². The average Bonchev–Trinajstić information content (AvgIpc) is 2.73. The van der Waals surface area contributed by atoms with Crippen molar-refractivity contribution in [2.24, 2.45) is 0 Å². The SMILES string of the molecule is Nc1c(NCCCN2CCOCC2)ncnc1N1CCc2ccccc2C1. The van der Waals surface area contributed by atoms with Crippen LogP contribution in [0.25, 0.3) is 0 Å². The molecule has 1 aromatic heterocycles. The molecule has 1 saturated heterocycles. The number of benzene rings is 1. The molecule has 2 aliphatic heterocycles. The first-order chi connectivity index (χ1) is 13.3. The number of rotatable bonds is 6. The monoisotopic (exact) mass is 368 g/mol. The van der Waals surface area contributed by atoms with Crippen molar-refractivity contribution in [3.8, 4) is 0 Å². The molecular weight excluding hydrogens is 340 g/mol. The van der Waals surface area contributed by atoms with Crippen molar-refractivity contribution in [1.29, 1.82) is 0 Å². The van der Waals surface area contributed by atoms with Crippen LogP contribution >= 0.6 is 0 Å². The molecule has 2 aliphatic rings. The van der Waals surface area contributed by atoms with Gasteiger partial charge in [-0.05, 0) is 30.5 Å². The van der Waals surface area contributed by atoms with Crippen molar-refractivity contribution >= 4 is 17.3 Å². The summed E-state index contributed by atoms with van der Waals surface area (Å²) in [5.74, 6) is 1.57. The number of nitrogen functional groups attached to an aromatic ring is 1. The number of hydrogen-bond donors (Lipinski definition) is 2. The molecule has 1 fully saturated rings. The molecule has 144 valence electrons. The molecule has 3 N–H and O–H groups in total. The van der Waals surface area contributed by atoms with Gasteiger partial charge in [-0.3, -0.25) is 4.90 Å². The molecular formula is C20H28N6O. The van der Waals surface area contributed by atoms with Crippen molar-refractivity contribution in [3.63, 3.8) is 0 Å². The molecule has 2 aromatic rings. The van der Waals surface area contributed by atoms with Crippen LogP contribution < -0.4 is 16.0 Å². The fraction of sp³-hybridized carbons (Fsp3) is 0.500. The van der Waals surface area contributed by atoms with Gasteiger partial charge in [-0.1, -0.05) is 24.3 Å². The first kappa shape index (κ1) is 18.0. The largest absolute Gasteiger partial charge is 0.393 e. The topological polar surface area (TPSA) is 79.5 Å². The number of fused-ring (bicyclic) bond motifs is 1. The Bertz CT molecular complexity index is 762. The molecule has 4 rings (SSSR count). The summed E-state index contributed by atoms with van der Waals surface area (Å²) < 4.78 is 5.39. The Labute approximate surface area is 160 Å². The van der Waals surface area contributed by atoms with Crippen molar-refractivity contribution in [3.05, 3.63) is 41.7 Å². The van der Waals surface area contributed by atoms with E-state index in [1.54, 1.807) is 6.33 Å². The van der Waals surface area contributed by atoms with E-state index in [1.807, 2.05) is 0 Å². The van der Waals surface area contributed by atoms with Crippen LogP contribution in [0.15, 0.2) is 30.6 Å². The Morgan fingerprint density at radius 2 is 1.89 bits per heavy atom. The van der Waals surface area contributed by atoms with Crippen molar-refractivity contribution in [2.45, 2.75) is 19.4 Å². The van der Waals surface area contributed by atoms with Gasteiger partial charge in [-0.25, -0.2) is 9.97 Å². The lowest BCUT2D eigenvalue weighted by Crippen LogP contribution is -2.37. The van der Waals surface area contributed by atoms with Crippen LogP contribution in [-0.4, -0.2) is 60.8 Å². The van der Waals surface area contributed by atoms with Gasteiger partial charge in [-0.15, -0.1) is 0 Å². The molecule has 0 aliphatic carbocycles. The minimum Gasteiger partial charge on any atom is -0.393 e. The van der Waals surface area contributed by atoms with E-state index in [2.05, 4.69) is 49.4 Å². The highest BCUT2D eigenvalue weighted by Gasteiger charge is 2.20. The number of nitrogens with one attached hydrogen (secondary N) is 1. The Morgan fingerprint density at radius 1 is 1.07 bits per heavy atom. The Morgan fingerprint density at radius 3 is 2.74 bits per heavy atom. The van der Waals surface area contributed by atoms with Crippen LogP contribution in [0.3, 0.4) is 0 Å². The molecule has 0 atom stereocenters. The second-order valence-corrected chi connectivity index (χ2v) is 7.13. The van der Waals surface area contributed by atoms with Crippen LogP contribution in [0.5, 0.6) is 0 Å². The van der Waals surface area contributed by atoms with Gasteiger partial charge in [-0.2, -0.15) is 0 Å². The number of ether oxygens (including phenoxy) is 1. The lowest BCUT2D eigenvalue weighted by atomic mass is 10.00. The Hall–Kier alpha value is -2.38. The van der Waals surface area contributed by atoms with Crippen LogP contribution in [0, 0.1) is 0 Å². The minimum atomic E-state index is 0.642. The van der Waals surface area contributed by atoms with Gasteiger partial charge in [0.25, 0.3) is 0 Å². The number of hydrogen-bond acceptors (Lipinski definition) is 7. The summed E-state index contributed by atoms with van der Waals surface area (Å²) in [6, 6.07) is 8.58. The number of anilines is 3. The molecule has 7 heteroatoms. The lowest BCUT2D eigenvalue weighted by molar-refractivity contribution is 0.0378. The molecule has 7 nitrogen and oxygen atoms in total. The van der Waals surface area contributed by atoms with Crippen LogP contribution in [-0.2, 0) is 17.7 Å².